The summed E-state index contributed by atoms with van der Waals surface area (Å²) in [7, 11) is 0. The van der Waals surface area contributed by atoms with Crippen molar-refractivity contribution >= 4 is 44.3 Å². The van der Waals surface area contributed by atoms with Crippen molar-refractivity contribution < 1.29 is 18.4 Å². The van der Waals surface area contributed by atoms with Crippen molar-refractivity contribution in [2.75, 3.05) is 11.9 Å². The van der Waals surface area contributed by atoms with Gasteiger partial charge in [0.2, 0.25) is 0 Å². The Labute approximate surface area is 179 Å². The average Bonchev–Trinajstić information content (AvgIpc) is 3.41. The number of nitrogens with zero attached hydrogens (tertiary/aromatic N) is 1. The number of carbonyl (C=O) groups is 1. The number of thiazole rings is 1. The third-order valence-corrected chi connectivity index (χ3v) is 5.43. The second kappa shape index (κ2) is 7.73. The smallest absolute Gasteiger partial charge is 0.345 e. The molecule has 1 amide bonds. The highest BCUT2D eigenvalue weighted by atomic mass is 32.1. The lowest BCUT2D eigenvalue weighted by Crippen LogP contribution is -2.10. The summed E-state index contributed by atoms with van der Waals surface area (Å²) in [5, 5.41) is 6.32. The number of furan rings is 1. The summed E-state index contributed by atoms with van der Waals surface area (Å²) in [5.41, 5.74) is 1.31. The van der Waals surface area contributed by atoms with Crippen molar-refractivity contribution in [1.82, 2.24) is 4.98 Å². The van der Waals surface area contributed by atoms with Crippen LogP contribution in [0.3, 0.4) is 0 Å². The second-order valence-electron chi connectivity index (χ2n) is 6.70. The number of hydrogen-bond donors (Lipinski definition) is 1. The van der Waals surface area contributed by atoms with Gasteiger partial charge in [-0.2, -0.15) is 0 Å². The Hall–Kier alpha value is -3.91. The van der Waals surface area contributed by atoms with Gasteiger partial charge in [-0.05, 0) is 31.2 Å². The standard InChI is InChI=1S/C23H16N2O5S/c1-2-28-18-9-5-7-14-11-19(29-20(14)18)21(26)25-23-24-16(12-31-23)15-10-13-6-3-4-8-17(13)30-22(15)27/h3-12H,2H2,1H3,(H,24,25,26). The van der Waals surface area contributed by atoms with E-state index in [1.807, 2.05) is 31.2 Å². The Morgan fingerprint density at radius 3 is 2.81 bits per heavy atom. The van der Waals surface area contributed by atoms with E-state index in [9.17, 15) is 9.59 Å². The van der Waals surface area contributed by atoms with Crippen molar-refractivity contribution in [3.05, 3.63) is 76.2 Å². The fourth-order valence-electron chi connectivity index (χ4n) is 3.27. The molecule has 2 aromatic carbocycles. The minimum absolute atomic E-state index is 0.143. The average molecular weight is 432 g/mol. The molecule has 0 spiro atoms. The lowest BCUT2D eigenvalue weighted by molar-refractivity contribution is 0.0998. The number of nitrogens with one attached hydrogen (secondary N) is 1. The highest BCUT2D eigenvalue weighted by Gasteiger charge is 2.18. The summed E-state index contributed by atoms with van der Waals surface area (Å²) in [4.78, 5) is 29.4. The predicted octanol–water partition coefficient (Wildman–Crippen LogP) is 5.31. The number of benzene rings is 2. The van der Waals surface area contributed by atoms with Gasteiger partial charge in [-0.3, -0.25) is 10.1 Å². The number of anilines is 1. The van der Waals surface area contributed by atoms with E-state index < -0.39 is 11.5 Å². The Morgan fingerprint density at radius 2 is 1.94 bits per heavy atom. The molecule has 3 heterocycles. The summed E-state index contributed by atoms with van der Waals surface area (Å²) in [5.74, 6) is 0.285. The molecule has 0 fully saturated rings. The molecule has 5 aromatic rings. The molecule has 5 rings (SSSR count). The van der Waals surface area contributed by atoms with Crippen LogP contribution in [-0.4, -0.2) is 17.5 Å². The van der Waals surface area contributed by atoms with Crippen LogP contribution in [0.15, 0.2) is 73.6 Å². The van der Waals surface area contributed by atoms with E-state index in [0.717, 1.165) is 10.8 Å². The summed E-state index contributed by atoms with van der Waals surface area (Å²) >= 11 is 1.21. The normalized spacial score (nSPS) is 11.1. The van der Waals surface area contributed by atoms with Gasteiger partial charge in [0.25, 0.3) is 5.91 Å². The number of para-hydroxylation sites is 2. The molecule has 0 unspecified atom stereocenters. The van der Waals surface area contributed by atoms with E-state index in [0.29, 0.717) is 39.9 Å². The molecule has 0 atom stereocenters. The number of hydrogen-bond acceptors (Lipinski definition) is 7. The number of ether oxygens (including phenoxy) is 1. The first-order chi connectivity index (χ1) is 15.1. The molecule has 0 aliphatic carbocycles. The lowest BCUT2D eigenvalue weighted by atomic mass is 10.1. The maximum Gasteiger partial charge on any atom is 0.345 e. The summed E-state index contributed by atoms with van der Waals surface area (Å²) in [6.45, 7) is 2.37. The lowest BCUT2D eigenvalue weighted by Gasteiger charge is -2.02. The van der Waals surface area contributed by atoms with Crippen LogP contribution in [0.4, 0.5) is 5.13 Å². The molecular weight excluding hydrogens is 416 g/mol. The van der Waals surface area contributed by atoms with Crippen molar-refractivity contribution in [2.24, 2.45) is 0 Å². The third-order valence-electron chi connectivity index (χ3n) is 4.67. The zero-order chi connectivity index (χ0) is 21.4. The van der Waals surface area contributed by atoms with E-state index in [1.54, 1.807) is 35.7 Å². The first-order valence-electron chi connectivity index (χ1n) is 9.58. The third kappa shape index (κ3) is 3.57. The Kier molecular flexibility index (Phi) is 4.76. The molecule has 0 saturated carbocycles. The molecule has 7 nitrogen and oxygen atoms in total. The first-order valence-corrected chi connectivity index (χ1v) is 10.5. The monoisotopic (exact) mass is 432 g/mol. The van der Waals surface area contributed by atoms with Gasteiger partial charge in [-0.1, -0.05) is 30.3 Å². The van der Waals surface area contributed by atoms with Gasteiger partial charge in [0.1, 0.15) is 5.58 Å². The topological polar surface area (TPSA) is 94.6 Å². The molecule has 1 N–H and O–H groups in total. The van der Waals surface area contributed by atoms with Crippen molar-refractivity contribution in [2.45, 2.75) is 6.92 Å². The number of amides is 1. The van der Waals surface area contributed by atoms with E-state index in [2.05, 4.69) is 10.3 Å². The second-order valence-corrected chi connectivity index (χ2v) is 7.55. The van der Waals surface area contributed by atoms with E-state index in [4.69, 9.17) is 13.6 Å². The summed E-state index contributed by atoms with van der Waals surface area (Å²) < 4.78 is 16.6. The van der Waals surface area contributed by atoms with Crippen LogP contribution in [0.2, 0.25) is 0 Å². The Balaban J connectivity index is 1.42. The Morgan fingerprint density at radius 1 is 1.10 bits per heavy atom. The summed E-state index contributed by atoms with van der Waals surface area (Å²) in [6.07, 6.45) is 0. The van der Waals surface area contributed by atoms with Gasteiger partial charge in [0, 0.05) is 16.2 Å². The van der Waals surface area contributed by atoms with E-state index in [1.165, 1.54) is 11.3 Å². The molecule has 154 valence electrons. The largest absolute Gasteiger partial charge is 0.490 e. The highest BCUT2D eigenvalue weighted by Crippen LogP contribution is 2.30. The van der Waals surface area contributed by atoms with Crippen LogP contribution in [0.25, 0.3) is 33.2 Å². The molecule has 31 heavy (non-hydrogen) atoms. The molecule has 0 radical (unpaired) electrons. The van der Waals surface area contributed by atoms with Gasteiger partial charge in [-0.15, -0.1) is 11.3 Å². The number of carbonyl (C=O) groups excluding carboxylic acids is 1. The van der Waals surface area contributed by atoms with Crippen LogP contribution in [-0.2, 0) is 0 Å². The van der Waals surface area contributed by atoms with Crippen molar-refractivity contribution in [1.29, 1.82) is 0 Å². The number of aromatic nitrogens is 1. The SMILES string of the molecule is CCOc1cccc2cc(C(=O)Nc3nc(-c4cc5ccccc5oc4=O)cs3)oc12. The van der Waals surface area contributed by atoms with Gasteiger partial charge in [-0.25, -0.2) is 9.78 Å². The maximum atomic E-state index is 12.7. The van der Waals surface area contributed by atoms with Gasteiger partial charge in [0.05, 0.1) is 17.9 Å². The zero-order valence-corrected chi connectivity index (χ0v) is 17.2. The molecule has 8 heteroatoms. The molecule has 0 aliphatic heterocycles. The van der Waals surface area contributed by atoms with Crippen LogP contribution >= 0.6 is 11.3 Å². The predicted molar refractivity (Wildman–Crippen MR) is 119 cm³/mol. The number of rotatable bonds is 5. The van der Waals surface area contributed by atoms with E-state index >= 15 is 0 Å². The first kappa shape index (κ1) is 19.1. The molecule has 3 aromatic heterocycles. The fourth-order valence-corrected chi connectivity index (χ4v) is 3.98. The molecule has 0 saturated heterocycles. The van der Waals surface area contributed by atoms with Crippen LogP contribution in [0.5, 0.6) is 5.75 Å². The van der Waals surface area contributed by atoms with Gasteiger partial charge >= 0.3 is 5.63 Å². The maximum absolute atomic E-state index is 12.7. The highest BCUT2D eigenvalue weighted by molar-refractivity contribution is 7.14. The van der Waals surface area contributed by atoms with Gasteiger partial charge < -0.3 is 13.6 Å². The quantitative estimate of drug-likeness (QED) is 0.378. The van der Waals surface area contributed by atoms with Crippen molar-refractivity contribution in [3.63, 3.8) is 0 Å². The summed E-state index contributed by atoms with van der Waals surface area (Å²) in [6, 6.07) is 16.1. The zero-order valence-electron chi connectivity index (χ0n) is 16.4. The molecule has 0 bridgehead atoms. The fraction of sp³-hybridized carbons (Fsp3) is 0.0870. The van der Waals surface area contributed by atoms with Crippen LogP contribution < -0.4 is 15.7 Å². The van der Waals surface area contributed by atoms with E-state index in [-0.39, 0.29) is 5.76 Å². The minimum atomic E-state index is -0.484. The minimum Gasteiger partial charge on any atom is -0.490 e. The molecule has 0 aliphatic rings. The van der Waals surface area contributed by atoms with Crippen LogP contribution in [0.1, 0.15) is 17.5 Å². The molecular formula is C23H16N2O5S. The van der Waals surface area contributed by atoms with Gasteiger partial charge in [0.15, 0.2) is 22.2 Å². The Bertz CT molecular complexity index is 1480. The van der Waals surface area contributed by atoms with Crippen molar-refractivity contribution in [3.8, 4) is 17.0 Å². The van der Waals surface area contributed by atoms with Crippen LogP contribution in [0, 0.1) is 0 Å². The number of fused-ring (bicyclic) bond motifs is 2.